The van der Waals surface area contributed by atoms with Crippen molar-refractivity contribution in [3.05, 3.63) is 29.8 Å². The summed E-state index contributed by atoms with van der Waals surface area (Å²) in [7, 11) is 0. The van der Waals surface area contributed by atoms with Crippen LogP contribution in [0.4, 0.5) is 4.79 Å². The van der Waals surface area contributed by atoms with Crippen LogP contribution in [0.1, 0.15) is 39.2 Å². The molecule has 1 aliphatic rings. The van der Waals surface area contributed by atoms with E-state index in [-0.39, 0.29) is 23.3 Å². The lowest BCUT2D eigenvalue weighted by Gasteiger charge is -2.30. The van der Waals surface area contributed by atoms with Crippen molar-refractivity contribution in [2.24, 2.45) is 11.7 Å². The zero-order valence-electron chi connectivity index (χ0n) is 13.6. The molecule has 0 radical (unpaired) electrons. The summed E-state index contributed by atoms with van der Waals surface area (Å²) in [6.07, 6.45) is 1.13. The molecule has 5 heteroatoms. The van der Waals surface area contributed by atoms with E-state index in [0.29, 0.717) is 18.8 Å². The van der Waals surface area contributed by atoms with Gasteiger partial charge in [0.05, 0.1) is 5.84 Å². The number of nitrogens with zero attached hydrogens (tertiary/aromatic N) is 1. The van der Waals surface area contributed by atoms with Gasteiger partial charge in [-0.25, -0.2) is 4.79 Å². The Morgan fingerprint density at radius 3 is 2.23 bits per heavy atom. The highest BCUT2D eigenvalue weighted by atomic mass is 16.6. The summed E-state index contributed by atoms with van der Waals surface area (Å²) in [5.74, 6) is 0.868. The zero-order chi connectivity index (χ0) is 16.3. The third-order valence-electron chi connectivity index (χ3n) is 4.12. The average molecular weight is 303 g/mol. The van der Waals surface area contributed by atoms with Gasteiger partial charge in [-0.2, -0.15) is 0 Å². The Morgan fingerprint density at radius 2 is 1.77 bits per heavy atom. The number of likely N-dealkylation sites (tertiary alicyclic amines) is 1. The van der Waals surface area contributed by atoms with E-state index in [4.69, 9.17) is 15.9 Å². The van der Waals surface area contributed by atoms with Crippen molar-refractivity contribution in [3.63, 3.8) is 0 Å². The maximum absolute atomic E-state index is 12.1. The van der Waals surface area contributed by atoms with Gasteiger partial charge < -0.3 is 15.4 Å². The van der Waals surface area contributed by atoms with E-state index in [2.05, 4.69) is 20.8 Å². The number of carbonyl (C=O) groups excluding carboxylic acids is 1. The number of nitrogens with one attached hydrogen (secondary N) is 1. The summed E-state index contributed by atoms with van der Waals surface area (Å²) >= 11 is 0. The fourth-order valence-electron chi connectivity index (χ4n) is 2.56. The minimum absolute atomic E-state index is 0.0805. The topological polar surface area (TPSA) is 79.4 Å². The third kappa shape index (κ3) is 4.00. The summed E-state index contributed by atoms with van der Waals surface area (Å²) < 4.78 is 5.42. The van der Waals surface area contributed by atoms with Crippen LogP contribution in [0.2, 0.25) is 0 Å². The van der Waals surface area contributed by atoms with Gasteiger partial charge in [0, 0.05) is 19.0 Å². The van der Waals surface area contributed by atoms with Crippen molar-refractivity contribution in [2.75, 3.05) is 13.1 Å². The van der Waals surface area contributed by atoms with Crippen LogP contribution in [-0.2, 0) is 5.41 Å². The lowest BCUT2D eigenvalue weighted by atomic mass is 9.87. The van der Waals surface area contributed by atoms with Crippen LogP contribution < -0.4 is 10.5 Å². The predicted octanol–water partition coefficient (Wildman–Crippen LogP) is 3.13. The first-order valence-electron chi connectivity index (χ1n) is 7.68. The number of hydrogen-bond acceptors (Lipinski definition) is 3. The van der Waals surface area contributed by atoms with E-state index in [1.807, 2.05) is 24.3 Å². The number of amidine groups is 1. The van der Waals surface area contributed by atoms with Crippen molar-refractivity contribution in [2.45, 2.75) is 39.0 Å². The van der Waals surface area contributed by atoms with Crippen LogP contribution in [0, 0.1) is 11.3 Å². The number of ether oxygens (including phenoxy) is 1. The van der Waals surface area contributed by atoms with Gasteiger partial charge in [0.15, 0.2) is 0 Å². The molecule has 1 aromatic carbocycles. The molecule has 1 amide bonds. The first-order chi connectivity index (χ1) is 10.3. The number of benzene rings is 1. The lowest BCUT2D eigenvalue weighted by Crippen LogP contribution is -2.42. The maximum Gasteiger partial charge on any atom is 0.415 e. The van der Waals surface area contributed by atoms with Crippen molar-refractivity contribution >= 4 is 11.9 Å². The first-order valence-corrected chi connectivity index (χ1v) is 7.68. The molecule has 0 spiro atoms. The SMILES string of the molecule is CC(C)(C)c1ccc(OC(=O)N2CCC(C(=N)N)CC2)cc1. The fourth-order valence-corrected chi connectivity index (χ4v) is 2.56. The van der Waals surface area contributed by atoms with Gasteiger partial charge in [-0.3, -0.25) is 5.41 Å². The molecule has 5 nitrogen and oxygen atoms in total. The Hall–Kier alpha value is -2.04. The number of hydrogen-bond donors (Lipinski definition) is 2. The number of rotatable bonds is 2. The normalized spacial score (nSPS) is 16.4. The van der Waals surface area contributed by atoms with Gasteiger partial charge >= 0.3 is 6.09 Å². The second-order valence-corrected chi connectivity index (χ2v) is 6.86. The summed E-state index contributed by atoms with van der Waals surface area (Å²) in [5.41, 5.74) is 6.79. The summed E-state index contributed by atoms with van der Waals surface area (Å²) in [4.78, 5) is 13.8. The molecule has 0 aliphatic carbocycles. The van der Waals surface area contributed by atoms with Gasteiger partial charge in [0.1, 0.15) is 5.75 Å². The predicted molar refractivity (Wildman–Crippen MR) is 87.4 cm³/mol. The Labute approximate surface area is 132 Å². The summed E-state index contributed by atoms with van der Waals surface area (Å²) in [5, 5.41) is 7.45. The highest BCUT2D eigenvalue weighted by Gasteiger charge is 2.25. The van der Waals surface area contributed by atoms with Crippen LogP contribution in [0.3, 0.4) is 0 Å². The van der Waals surface area contributed by atoms with Gasteiger partial charge in [-0.05, 0) is 36.0 Å². The van der Waals surface area contributed by atoms with Crippen molar-refractivity contribution in [1.29, 1.82) is 5.41 Å². The van der Waals surface area contributed by atoms with Crippen LogP contribution >= 0.6 is 0 Å². The molecule has 0 unspecified atom stereocenters. The molecular weight excluding hydrogens is 278 g/mol. The van der Waals surface area contributed by atoms with Gasteiger partial charge in [0.25, 0.3) is 0 Å². The van der Waals surface area contributed by atoms with Crippen LogP contribution in [0.25, 0.3) is 0 Å². The molecule has 3 N–H and O–H groups in total. The highest BCUT2D eigenvalue weighted by molar-refractivity contribution is 5.80. The minimum Gasteiger partial charge on any atom is -0.410 e. The standard InChI is InChI=1S/C17H25N3O2/c1-17(2,3)13-4-6-14(7-5-13)22-16(21)20-10-8-12(9-11-20)15(18)19/h4-7,12H,8-11H2,1-3H3,(H3,18,19). The molecule has 1 heterocycles. The molecule has 0 aromatic heterocycles. The molecule has 1 aromatic rings. The number of carbonyl (C=O) groups is 1. The summed E-state index contributed by atoms with van der Waals surface area (Å²) in [6, 6.07) is 7.65. The minimum atomic E-state index is -0.328. The van der Waals surface area contributed by atoms with E-state index in [0.717, 1.165) is 12.8 Å². The molecule has 22 heavy (non-hydrogen) atoms. The lowest BCUT2D eigenvalue weighted by molar-refractivity contribution is 0.137. The highest BCUT2D eigenvalue weighted by Crippen LogP contribution is 2.25. The fraction of sp³-hybridized carbons (Fsp3) is 0.529. The molecule has 0 saturated carbocycles. The van der Waals surface area contributed by atoms with Crippen LogP contribution in [0.15, 0.2) is 24.3 Å². The number of nitrogens with two attached hydrogens (primary N) is 1. The smallest absolute Gasteiger partial charge is 0.410 e. The zero-order valence-corrected chi connectivity index (χ0v) is 13.6. The van der Waals surface area contributed by atoms with E-state index >= 15 is 0 Å². The van der Waals surface area contributed by atoms with Crippen LogP contribution in [-0.4, -0.2) is 29.9 Å². The Balaban J connectivity index is 1.91. The molecule has 2 rings (SSSR count). The third-order valence-corrected chi connectivity index (χ3v) is 4.12. The number of amides is 1. The Kier molecular flexibility index (Phi) is 4.74. The van der Waals surface area contributed by atoms with E-state index < -0.39 is 0 Å². The Morgan fingerprint density at radius 1 is 1.23 bits per heavy atom. The molecular formula is C17H25N3O2. The average Bonchev–Trinajstić information content (AvgIpc) is 2.47. The second kappa shape index (κ2) is 6.38. The van der Waals surface area contributed by atoms with E-state index in [9.17, 15) is 4.79 Å². The molecule has 1 saturated heterocycles. The quantitative estimate of drug-likeness (QED) is 0.650. The Bertz CT molecular complexity index is 538. The van der Waals surface area contributed by atoms with E-state index in [1.165, 1.54) is 5.56 Å². The monoisotopic (exact) mass is 303 g/mol. The van der Waals surface area contributed by atoms with Crippen molar-refractivity contribution < 1.29 is 9.53 Å². The molecule has 1 fully saturated rings. The van der Waals surface area contributed by atoms with Crippen LogP contribution in [0.5, 0.6) is 5.75 Å². The molecule has 1 aliphatic heterocycles. The largest absolute Gasteiger partial charge is 0.415 e. The second-order valence-electron chi connectivity index (χ2n) is 6.86. The van der Waals surface area contributed by atoms with Crippen molar-refractivity contribution in [3.8, 4) is 5.75 Å². The number of piperidine rings is 1. The molecule has 0 atom stereocenters. The van der Waals surface area contributed by atoms with Gasteiger partial charge in [0.2, 0.25) is 0 Å². The molecule has 0 bridgehead atoms. The first kappa shape index (κ1) is 16.3. The van der Waals surface area contributed by atoms with Gasteiger partial charge in [-0.15, -0.1) is 0 Å². The van der Waals surface area contributed by atoms with E-state index in [1.54, 1.807) is 4.90 Å². The maximum atomic E-state index is 12.1. The van der Waals surface area contributed by atoms with Gasteiger partial charge in [-0.1, -0.05) is 32.9 Å². The summed E-state index contributed by atoms with van der Waals surface area (Å²) in [6.45, 7) is 7.61. The molecule has 120 valence electrons. The van der Waals surface area contributed by atoms with Crippen molar-refractivity contribution in [1.82, 2.24) is 4.90 Å².